The van der Waals surface area contributed by atoms with Gasteiger partial charge >= 0.3 is 11.9 Å². The van der Waals surface area contributed by atoms with Crippen LogP contribution in [0.2, 0.25) is 0 Å². The third-order valence-corrected chi connectivity index (χ3v) is 15.4. The van der Waals surface area contributed by atoms with Crippen LogP contribution in [0.1, 0.15) is 82.2 Å². The molecule has 14 nitrogen and oxygen atoms in total. The van der Waals surface area contributed by atoms with Gasteiger partial charge in [0, 0.05) is 63.5 Å². The first kappa shape index (κ1) is 35.6. The van der Waals surface area contributed by atoms with Crippen molar-refractivity contribution in [3.63, 3.8) is 0 Å². The standard InChI is InChI=1S/C42H44N4O10S/c1-17-10-23-27(32(49)33(17)52-5)30-31-37-29-28(36-35(54-16-55-36)18(2)34(29)56-19(3)48)26(45(31)39(50)25-12-41(23,4)46(25)30)14-53-40(51)42(15-57-37)38-22(11-20(13-47)44-42)21-8-6-7-9-24(21)43-38/h6-10,20,25-26,30-31,37,39,43-44,47,49-50H,11-16H2,1-5H3/t20-,25-,26-,30+,31?,37+,39-,41?,42+/m0/s1. The van der Waals surface area contributed by atoms with Crippen molar-refractivity contribution in [2.75, 3.05) is 32.9 Å². The Labute approximate surface area is 332 Å². The maximum Gasteiger partial charge on any atom is 0.333 e. The van der Waals surface area contributed by atoms with Gasteiger partial charge in [0.15, 0.2) is 28.5 Å². The van der Waals surface area contributed by atoms with E-state index in [1.807, 2.05) is 43.0 Å². The van der Waals surface area contributed by atoms with E-state index in [2.05, 4.69) is 28.2 Å². The minimum atomic E-state index is -1.42. The molecule has 0 amide bonds. The smallest absolute Gasteiger partial charge is 0.333 e. The Morgan fingerprint density at radius 1 is 1.11 bits per heavy atom. The molecule has 3 saturated heterocycles. The average Bonchev–Trinajstić information content (AvgIpc) is 3.88. The number of phenols is 1. The Kier molecular flexibility index (Phi) is 7.52. The number of esters is 2. The Bertz CT molecular complexity index is 2450. The number of benzene rings is 3. The average molecular weight is 797 g/mol. The lowest BCUT2D eigenvalue weighted by Crippen LogP contribution is -2.75. The molecule has 3 aromatic carbocycles. The number of piperazine rings is 1. The Morgan fingerprint density at radius 3 is 2.67 bits per heavy atom. The first-order chi connectivity index (χ1) is 27.4. The number of methoxy groups -OCH3 is 1. The summed E-state index contributed by atoms with van der Waals surface area (Å²) >= 11 is 1.49. The van der Waals surface area contributed by atoms with Crippen molar-refractivity contribution in [2.24, 2.45) is 0 Å². The van der Waals surface area contributed by atoms with Gasteiger partial charge in [-0.3, -0.25) is 19.9 Å². The zero-order chi connectivity index (χ0) is 39.4. The zero-order valence-corrected chi connectivity index (χ0v) is 33.0. The first-order valence-corrected chi connectivity index (χ1v) is 20.5. The molecule has 4 aromatic rings. The molecule has 1 aromatic heterocycles. The highest BCUT2D eigenvalue weighted by Gasteiger charge is 2.71. The number of aromatic nitrogens is 1. The molecule has 298 valence electrons. The van der Waals surface area contributed by atoms with Gasteiger partial charge in [0.05, 0.1) is 42.8 Å². The fourth-order valence-electron chi connectivity index (χ4n) is 11.7. The van der Waals surface area contributed by atoms with E-state index in [1.54, 1.807) is 7.11 Å². The van der Waals surface area contributed by atoms with Gasteiger partial charge in [-0.2, -0.15) is 0 Å². The number of phenolic OH excluding ortho intramolecular Hbond substituents is 1. The number of rotatable bonds is 3. The predicted octanol–water partition coefficient (Wildman–Crippen LogP) is 3.99. The quantitative estimate of drug-likeness (QED) is 0.149. The van der Waals surface area contributed by atoms with Gasteiger partial charge in [0.1, 0.15) is 18.6 Å². The van der Waals surface area contributed by atoms with Crippen LogP contribution in [0.3, 0.4) is 0 Å². The number of aliphatic hydroxyl groups is 2. The second-order valence-electron chi connectivity index (χ2n) is 16.7. The van der Waals surface area contributed by atoms with E-state index in [0.717, 1.165) is 33.2 Å². The summed E-state index contributed by atoms with van der Waals surface area (Å²) in [5.74, 6) is 0.812. The number of H-pyrrole nitrogens is 1. The van der Waals surface area contributed by atoms with Crippen LogP contribution < -0.4 is 24.3 Å². The monoisotopic (exact) mass is 796 g/mol. The highest BCUT2D eigenvalue weighted by Crippen LogP contribution is 2.70. The van der Waals surface area contributed by atoms with Crippen LogP contribution in [0.25, 0.3) is 10.9 Å². The maximum absolute atomic E-state index is 15.0. The fourth-order valence-corrected chi connectivity index (χ4v) is 13.4. The molecule has 0 saturated carbocycles. The third kappa shape index (κ3) is 4.39. The lowest BCUT2D eigenvalue weighted by molar-refractivity contribution is -0.249. The lowest BCUT2D eigenvalue weighted by Gasteiger charge is -2.67. The summed E-state index contributed by atoms with van der Waals surface area (Å²) in [6.07, 6.45) is 0.128. The van der Waals surface area contributed by atoms with Gasteiger partial charge < -0.3 is 44.0 Å². The van der Waals surface area contributed by atoms with Crippen molar-refractivity contribution < 1.29 is 48.6 Å². The molecule has 0 radical (unpaired) electrons. The van der Waals surface area contributed by atoms with Crippen molar-refractivity contribution in [1.29, 1.82) is 0 Å². The summed E-state index contributed by atoms with van der Waals surface area (Å²) in [5.41, 5.74) is 5.06. The molecule has 9 atom stereocenters. The van der Waals surface area contributed by atoms with Gasteiger partial charge in [-0.05, 0) is 62.4 Å². The van der Waals surface area contributed by atoms with Crippen molar-refractivity contribution in [3.8, 4) is 28.7 Å². The molecule has 2 bridgehead atoms. The van der Waals surface area contributed by atoms with Crippen molar-refractivity contribution in [1.82, 2.24) is 20.1 Å². The topological polar surface area (TPSA) is 175 Å². The minimum absolute atomic E-state index is 0.0566. The number of thioether (sulfide) groups is 1. The molecule has 0 aliphatic carbocycles. The van der Waals surface area contributed by atoms with Crippen LogP contribution in [0.15, 0.2) is 30.3 Å². The number of hydrogen-bond acceptors (Lipinski definition) is 14. The summed E-state index contributed by atoms with van der Waals surface area (Å²) in [7, 11) is 1.55. The van der Waals surface area contributed by atoms with Gasteiger partial charge in [0.2, 0.25) is 6.79 Å². The lowest BCUT2D eigenvalue weighted by atomic mass is 9.72. The number of hydrogen-bond donors (Lipinski definition) is 5. The second kappa shape index (κ2) is 12.0. The van der Waals surface area contributed by atoms with Crippen LogP contribution in [0.5, 0.6) is 28.7 Å². The SMILES string of the molecule is COc1c(C)cc2c(c1O)[C@@H]1C3[C@@H]4SC[C@]5(N[C@H](CO)Cc6c5[nH]c5ccccc65)C(=O)OC[C@@H](c5c6c(c(C)c(OC(C)=O)c54)OCO6)N3[C@@H](O)[C@@H]3CC2(C)N13. The van der Waals surface area contributed by atoms with Gasteiger partial charge in [-0.1, -0.05) is 18.2 Å². The molecule has 8 aliphatic heterocycles. The van der Waals surface area contributed by atoms with Crippen LogP contribution in [-0.2, 0) is 31.8 Å². The van der Waals surface area contributed by atoms with E-state index in [9.17, 15) is 24.9 Å². The molecule has 15 heteroatoms. The highest BCUT2D eigenvalue weighted by molar-refractivity contribution is 7.99. The zero-order valence-electron chi connectivity index (χ0n) is 32.2. The number of carbonyl (C=O) groups is 2. The van der Waals surface area contributed by atoms with Crippen molar-refractivity contribution in [3.05, 3.63) is 75.0 Å². The molecule has 1 spiro atoms. The summed E-state index contributed by atoms with van der Waals surface area (Å²) in [6.45, 7) is 6.85. The van der Waals surface area contributed by atoms with E-state index in [-0.39, 0.29) is 37.6 Å². The van der Waals surface area contributed by atoms with Crippen LogP contribution in [-0.4, -0.2) is 99.3 Å². The molecule has 57 heavy (non-hydrogen) atoms. The van der Waals surface area contributed by atoms with E-state index in [0.29, 0.717) is 58.2 Å². The molecular weight excluding hydrogens is 753 g/mol. The van der Waals surface area contributed by atoms with E-state index < -0.39 is 58.7 Å². The highest BCUT2D eigenvalue weighted by atomic mass is 32.2. The number of aryl methyl sites for hydroxylation is 1. The van der Waals surface area contributed by atoms with Gasteiger partial charge in [-0.15, -0.1) is 11.8 Å². The number of para-hydroxylation sites is 1. The fraction of sp³-hybridized carbons (Fsp3) is 0.476. The van der Waals surface area contributed by atoms with E-state index in [4.69, 9.17) is 23.7 Å². The number of nitrogens with zero attached hydrogens (tertiary/aromatic N) is 2. The van der Waals surface area contributed by atoms with Crippen LogP contribution in [0.4, 0.5) is 0 Å². The van der Waals surface area contributed by atoms with Crippen molar-refractivity contribution in [2.45, 2.75) is 93.3 Å². The van der Waals surface area contributed by atoms with Gasteiger partial charge in [-0.25, -0.2) is 4.79 Å². The molecule has 8 aliphatic rings. The number of ether oxygens (including phenoxy) is 5. The maximum atomic E-state index is 15.0. The molecule has 2 unspecified atom stereocenters. The summed E-state index contributed by atoms with van der Waals surface area (Å²) in [6, 6.07) is 7.45. The number of aliphatic hydroxyl groups excluding tert-OH is 2. The van der Waals surface area contributed by atoms with E-state index >= 15 is 0 Å². The van der Waals surface area contributed by atoms with Gasteiger partial charge in [0.25, 0.3) is 0 Å². The summed E-state index contributed by atoms with van der Waals surface area (Å²) in [5, 5.41) is 39.4. The number of fused-ring (bicyclic) bond motifs is 10. The van der Waals surface area contributed by atoms with Crippen LogP contribution >= 0.6 is 11.8 Å². The summed E-state index contributed by atoms with van der Waals surface area (Å²) < 4.78 is 30.8. The predicted molar refractivity (Wildman–Crippen MR) is 207 cm³/mol. The largest absolute Gasteiger partial charge is 0.504 e. The normalized spacial score (nSPS) is 33.2. The molecule has 12 rings (SSSR count). The van der Waals surface area contributed by atoms with E-state index in [1.165, 1.54) is 18.7 Å². The second-order valence-corrected chi connectivity index (χ2v) is 17.9. The minimum Gasteiger partial charge on any atom is -0.504 e. The Morgan fingerprint density at radius 2 is 1.89 bits per heavy atom. The number of carbonyl (C=O) groups excluding carboxylic acids is 2. The summed E-state index contributed by atoms with van der Waals surface area (Å²) in [4.78, 5) is 36.0. The third-order valence-electron chi connectivity index (χ3n) is 13.9. The number of aromatic amines is 1. The molecule has 9 heterocycles. The van der Waals surface area contributed by atoms with Crippen molar-refractivity contribution >= 4 is 34.6 Å². The Hall–Kier alpha value is -4.51. The van der Waals surface area contributed by atoms with Crippen LogP contribution in [0, 0.1) is 13.8 Å². The molecular formula is C42H44N4O10S. The first-order valence-electron chi connectivity index (χ1n) is 19.5. The number of aromatic hydroxyl groups is 1. The molecule has 5 N–H and O–H groups in total. The molecule has 3 fully saturated rings. The Balaban J connectivity index is 1.18. The number of nitrogens with one attached hydrogen (secondary N) is 2.